The standard InChI is InChI=1S/C14H26N4O2/c1-14(2,3)13-11(10-18(4)17-13)8-15-9-12(19)16-6-7-20-5/h10,15H,6-9H2,1-5H3,(H,16,19). The van der Waals surface area contributed by atoms with Gasteiger partial charge in [0.2, 0.25) is 5.91 Å². The Kier molecular flexibility index (Phi) is 6.16. The van der Waals surface area contributed by atoms with Crippen molar-refractivity contribution in [2.75, 3.05) is 26.8 Å². The summed E-state index contributed by atoms with van der Waals surface area (Å²) in [5, 5.41) is 10.4. The summed E-state index contributed by atoms with van der Waals surface area (Å²) in [7, 11) is 3.52. The van der Waals surface area contributed by atoms with Gasteiger partial charge >= 0.3 is 0 Å². The second-order valence-corrected chi connectivity index (χ2v) is 5.87. The number of carbonyl (C=O) groups excluding carboxylic acids is 1. The fraction of sp³-hybridized carbons (Fsp3) is 0.714. The van der Waals surface area contributed by atoms with E-state index in [9.17, 15) is 4.79 Å². The molecule has 1 amide bonds. The summed E-state index contributed by atoms with van der Waals surface area (Å²) in [6.45, 7) is 8.41. The van der Waals surface area contributed by atoms with Gasteiger partial charge in [0.15, 0.2) is 0 Å². The molecule has 1 aromatic rings. The van der Waals surface area contributed by atoms with Gasteiger partial charge in [0.1, 0.15) is 0 Å². The molecule has 1 aromatic heterocycles. The van der Waals surface area contributed by atoms with Crippen molar-refractivity contribution in [1.82, 2.24) is 20.4 Å². The summed E-state index contributed by atoms with van der Waals surface area (Å²) in [5.41, 5.74) is 2.19. The topological polar surface area (TPSA) is 68.2 Å². The van der Waals surface area contributed by atoms with Gasteiger partial charge in [-0.2, -0.15) is 5.10 Å². The molecule has 0 fully saturated rings. The van der Waals surface area contributed by atoms with E-state index < -0.39 is 0 Å². The first-order valence-electron chi connectivity index (χ1n) is 6.84. The number of hydrogen-bond acceptors (Lipinski definition) is 4. The molecule has 6 nitrogen and oxygen atoms in total. The van der Waals surface area contributed by atoms with E-state index in [4.69, 9.17) is 4.74 Å². The largest absolute Gasteiger partial charge is 0.383 e. The van der Waals surface area contributed by atoms with Crippen molar-refractivity contribution in [3.05, 3.63) is 17.5 Å². The van der Waals surface area contributed by atoms with Crippen molar-refractivity contribution in [1.29, 1.82) is 0 Å². The Bertz CT molecular complexity index is 435. The van der Waals surface area contributed by atoms with Crippen molar-refractivity contribution in [3.63, 3.8) is 0 Å². The average molecular weight is 282 g/mol. The first-order valence-corrected chi connectivity index (χ1v) is 6.84. The van der Waals surface area contributed by atoms with Crippen LogP contribution in [0.1, 0.15) is 32.0 Å². The molecule has 114 valence electrons. The van der Waals surface area contributed by atoms with Crippen molar-refractivity contribution < 1.29 is 9.53 Å². The first kappa shape index (κ1) is 16.7. The maximum Gasteiger partial charge on any atom is 0.234 e. The number of methoxy groups -OCH3 is 1. The van der Waals surface area contributed by atoms with Gasteiger partial charge in [-0.15, -0.1) is 0 Å². The minimum atomic E-state index is -0.0248. The number of amides is 1. The molecular weight excluding hydrogens is 256 g/mol. The zero-order chi connectivity index (χ0) is 15.2. The predicted molar refractivity (Wildman–Crippen MR) is 78.5 cm³/mol. The average Bonchev–Trinajstić information content (AvgIpc) is 2.71. The van der Waals surface area contributed by atoms with Gasteiger partial charge in [-0.05, 0) is 0 Å². The van der Waals surface area contributed by atoms with Crippen molar-refractivity contribution >= 4 is 5.91 Å². The van der Waals surface area contributed by atoms with E-state index in [0.29, 0.717) is 26.2 Å². The molecule has 20 heavy (non-hydrogen) atoms. The third-order valence-electron chi connectivity index (χ3n) is 2.84. The zero-order valence-corrected chi connectivity index (χ0v) is 13.1. The SMILES string of the molecule is COCCNC(=O)CNCc1cn(C)nc1C(C)(C)C. The molecule has 0 atom stereocenters. The number of aromatic nitrogens is 2. The molecule has 0 unspecified atom stereocenters. The maximum atomic E-state index is 11.5. The summed E-state index contributed by atoms with van der Waals surface area (Å²) in [4.78, 5) is 11.5. The molecule has 1 heterocycles. The lowest BCUT2D eigenvalue weighted by Crippen LogP contribution is -2.35. The number of rotatable bonds is 7. The normalized spacial score (nSPS) is 11.7. The number of hydrogen-bond donors (Lipinski definition) is 2. The lowest BCUT2D eigenvalue weighted by molar-refractivity contribution is -0.120. The highest BCUT2D eigenvalue weighted by Crippen LogP contribution is 2.23. The Morgan fingerprint density at radius 2 is 2.15 bits per heavy atom. The smallest absolute Gasteiger partial charge is 0.234 e. The minimum Gasteiger partial charge on any atom is -0.383 e. The van der Waals surface area contributed by atoms with Crippen LogP contribution < -0.4 is 10.6 Å². The summed E-state index contributed by atoms with van der Waals surface area (Å²) >= 11 is 0. The summed E-state index contributed by atoms with van der Waals surface area (Å²) in [6, 6.07) is 0. The number of nitrogens with one attached hydrogen (secondary N) is 2. The van der Waals surface area contributed by atoms with E-state index in [1.54, 1.807) is 7.11 Å². The Balaban J connectivity index is 2.44. The third kappa shape index (κ3) is 5.30. The molecule has 0 saturated heterocycles. The highest BCUT2D eigenvalue weighted by molar-refractivity contribution is 5.77. The molecule has 0 aromatic carbocycles. The van der Waals surface area contributed by atoms with Gasteiger partial charge in [0.25, 0.3) is 0 Å². The number of carbonyl (C=O) groups is 1. The minimum absolute atomic E-state index is 0.000995. The lowest BCUT2D eigenvalue weighted by Gasteiger charge is -2.17. The molecule has 0 saturated carbocycles. The zero-order valence-electron chi connectivity index (χ0n) is 13.1. The predicted octanol–water partition coefficient (Wildman–Crippen LogP) is 0.570. The van der Waals surface area contributed by atoms with E-state index in [-0.39, 0.29) is 11.3 Å². The van der Waals surface area contributed by atoms with Gasteiger partial charge in [-0.3, -0.25) is 9.48 Å². The van der Waals surface area contributed by atoms with Crippen molar-refractivity contribution in [2.24, 2.45) is 7.05 Å². The van der Waals surface area contributed by atoms with Gasteiger partial charge in [-0.25, -0.2) is 0 Å². The van der Waals surface area contributed by atoms with Crippen LogP contribution in [0, 0.1) is 0 Å². The highest BCUT2D eigenvalue weighted by atomic mass is 16.5. The highest BCUT2D eigenvalue weighted by Gasteiger charge is 2.21. The van der Waals surface area contributed by atoms with E-state index in [2.05, 4.69) is 36.5 Å². The second-order valence-electron chi connectivity index (χ2n) is 5.87. The van der Waals surface area contributed by atoms with E-state index in [0.717, 1.165) is 11.3 Å². The lowest BCUT2D eigenvalue weighted by atomic mass is 9.89. The van der Waals surface area contributed by atoms with Gasteiger partial charge in [0, 0.05) is 44.4 Å². The Hall–Kier alpha value is -1.40. The molecule has 0 aliphatic heterocycles. The van der Waals surface area contributed by atoms with Crippen molar-refractivity contribution in [3.8, 4) is 0 Å². The van der Waals surface area contributed by atoms with E-state index >= 15 is 0 Å². The monoisotopic (exact) mass is 282 g/mol. The Morgan fingerprint density at radius 1 is 1.45 bits per heavy atom. The third-order valence-corrected chi connectivity index (χ3v) is 2.84. The van der Waals surface area contributed by atoms with Crippen LogP contribution in [0.25, 0.3) is 0 Å². The second kappa shape index (κ2) is 7.40. The molecule has 0 aliphatic rings. The van der Waals surface area contributed by atoms with Crippen LogP contribution in [0.3, 0.4) is 0 Å². The molecule has 0 aliphatic carbocycles. The Morgan fingerprint density at radius 3 is 2.75 bits per heavy atom. The first-order chi connectivity index (χ1) is 9.34. The van der Waals surface area contributed by atoms with Crippen LogP contribution in [0.5, 0.6) is 0 Å². The molecule has 0 bridgehead atoms. The van der Waals surface area contributed by atoms with Crippen LogP contribution in [-0.4, -0.2) is 42.5 Å². The van der Waals surface area contributed by atoms with Crippen LogP contribution in [0.4, 0.5) is 0 Å². The summed E-state index contributed by atoms with van der Waals surface area (Å²) in [5.74, 6) is -0.0248. The molecule has 0 radical (unpaired) electrons. The van der Waals surface area contributed by atoms with E-state index in [1.165, 1.54) is 0 Å². The van der Waals surface area contributed by atoms with Crippen LogP contribution in [0.2, 0.25) is 0 Å². The molecule has 1 rings (SSSR count). The summed E-state index contributed by atoms with van der Waals surface area (Å²) < 4.78 is 6.69. The van der Waals surface area contributed by atoms with Gasteiger partial charge in [0.05, 0.1) is 18.8 Å². The van der Waals surface area contributed by atoms with E-state index in [1.807, 2.05) is 17.9 Å². The fourth-order valence-electron chi connectivity index (χ4n) is 1.96. The quantitative estimate of drug-likeness (QED) is 0.718. The van der Waals surface area contributed by atoms with Crippen LogP contribution in [-0.2, 0) is 28.5 Å². The number of aryl methyl sites for hydroxylation is 1. The van der Waals surface area contributed by atoms with Gasteiger partial charge < -0.3 is 15.4 Å². The van der Waals surface area contributed by atoms with Crippen LogP contribution >= 0.6 is 0 Å². The van der Waals surface area contributed by atoms with Crippen LogP contribution in [0.15, 0.2) is 6.20 Å². The molecule has 0 spiro atoms. The number of nitrogens with zero attached hydrogens (tertiary/aromatic N) is 2. The van der Waals surface area contributed by atoms with Gasteiger partial charge in [-0.1, -0.05) is 20.8 Å². The summed E-state index contributed by atoms with van der Waals surface area (Å²) in [6.07, 6.45) is 2.00. The van der Waals surface area contributed by atoms with Crippen molar-refractivity contribution in [2.45, 2.75) is 32.7 Å². The molecule has 6 heteroatoms. The molecule has 2 N–H and O–H groups in total. The molecular formula is C14H26N4O2. The Labute approximate surface area is 120 Å². The number of ether oxygens (including phenoxy) is 1. The fourth-order valence-corrected chi connectivity index (χ4v) is 1.96. The maximum absolute atomic E-state index is 11.5.